The zero-order chi connectivity index (χ0) is 23.5. The van der Waals surface area contributed by atoms with Gasteiger partial charge in [-0.1, -0.05) is 48.0 Å². The maximum Gasteiger partial charge on any atom is 0.336 e. The normalized spacial score (nSPS) is 12.1. The summed E-state index contributed by atoms with van der Waals surface area (Å²) in [6.07, 6.45) is 1.65. The second-order valence-corrected chi connectivity index (χ2v) is 9.34. The molecule has 6 nitrogen and oxygen atoms in total. The molecule has 1 amide bonds. The van der Waals surface area contributed by atoms with E-state index in [0.717, 1.165) is 24.0 Å². The Bertz CT molecular complexity index is 1420. The number of carbonyl (C=O) groups excluding carboxylic acids is 1. The Hall–Kier alpha value is -3.45. The predicted octanol–water partition coefficient (Wildman–Crippen LogP) is 3.97. The number of hydrogen-bond acceptors (Lipinski definition) is 4. The molecule has 0 aliphatic rings. The number of aromatic nitrogens is 2. The van der Waals surface area contributed by atoms with Crippen LogP contribution >= 0.6 is 11.3 Å². The Morgan fingerprint density at radius 1 is 1.06 bits per heavy atom. The van der Waals surface area contributed by atoms with Crippen molar-refractivity contribution in [3.8, 4) is 5.69 Å². The minimum absolute atomic E-state index is 0.0448. The number of nitrogens with one attached hydrogen (secondary N) is 1. The summed E-state index contributed by atoms with van der Waals surface area (Å²) in [5.74, 6) is -0.254. The standard InChI is InChI=1S/C26H27N3O3S/c1-17-9-12-21(18(2)15-17)29-25(31)24-22(13-14-33-24)28(26(29)32)16-23(30)27-19(3)10-11-20-7-5-4-6-8-20/h4-9,12-15,19H,10-11,16H2,1-3H3,(H,27,30). The fourth-order valence-corrected chi connectivity index (χ4v) is 4.90. The number of nitrogens with zero attached hydrogens (tertiary/aromatic N) is 2. The number of hydrogen-bond donors (Lipinski definition) is 1. The molecular formula is C26H27N3O3S. The molecule has 1 N–H and O–H groups in total. The second-order valence-electron chi connectivity index (χ2n) is 8.43. The molecule has 0 aliphatic carbocycles. The van der Waals surface area contributed by atoms with Crippen LogP contribution in [0.3, 0.4) is 0 Å². The molecule has 4 aromatic rings. The lowest BCUT2D eigenvalue weighted by atomic mass is 10.1. The van der Waals surface area contributed by atoms with Gasteiger partial charge in [-0.25, -0.2) is 9.36 Å². The number of benzene rings is 2. The highest BCUT2D eigenvalue weighted by Crippen LogP contribution is 2.18. The van der Waals surface area contributed by atoms with Gasteiger partial charge in [0.2, 0.25) is 5.91 Å². The number of carbonyl (C=O) groups is 1. The van der Waals surface area contributed by atoms with E-state index in [1.54, 1.807) is 17.5 Å². The number of amides is 1. The summed E-state index contributed by atoms with van der Waals surface area (Å²) < 4.78 is 3.03. The van der Waals surface area contributed by atoms with Crippen LogP contribution in [-0.4, -0.2) is 21.1 Å². The van der Waals surface area contributed by atoms with E-state index in [0.29, 0.717) is 15.9 Å². The first-order chi connectivity index (χ1) is 15.8. The molecule has 170 valence electrons. The molecule has 0 spiro atoms. The third-order valence-corrected chi connectivity index (χ3v) is 6.66. The van der Waals surface area contributed by atoms with Crippen LogP contribution in [0.2, 0.25) is 0 Å². The summed E-state index contributed by atoms with van der Waals surface area (Å²) in [6.45, 7) is 5.65. The molecule has 7 heteroatoms. The van der Waals surface area contributed by atoms with Crippen molar-refractivity contribution in [1.82, 2.24) is 14.5 Å². The van der Waals surface area contributed by atoms with Gasteiger partial charge in [0.25, 0.3) is 5.56 Å². The van der Waals surface area contributed by atoms with Crippen molar-refractivity contribution in [2.75, 3.05) is 0 Å². The number of rotatable bonds is 7. The van der Waals surface area contributed by atoms with Crippen LogP contribution in [0.5, 0.6) is 0 Å². The van der Waals surface area contributed by atoms with Crippen LogP contribution in [0.4, 0.5) is 0 Å². The van der Waals surface area contributed by atoms with E-state index in [-0.39, 0.29) is 24.1 Å². The van der Waals surface area contributed by atoms with Crippen molar-refractivity contribution in [1.29, 1.82) is 0 Å². The lowest BCUT2D eigenvalue weighted by Crippen LogP contribution is -2.43. The van der Waals surface area contributed by atoms with Crippen molar-refractivity contribution in [2.45, 2.75) is 46.2 Å². The summed E-state index contributed by atoms with van der Waals surface area (Å²) in [7, 11) is 0. The van der Waals surface area contributed by atoms with E-state index in [2.05, 4.69) is 17.4 Å². The van der Waals surface area contributed by atoms with Gasteiger partial charge in [0.05, 0.1) is 11.2 Å². The van der Waals surface area contributed by atoms with E-state index in [1.807, 2.05) is 51.1 Å². The molecule has 2 heterocycles. The van der Waals surface area contributed by atoms with E-state index >= 15 is 0 Å². The average Bonchev–Trinajstić information content (AvgIpc) is 3.27. The molecule has 2 aromatic heterocycles. The van der Waals surface area contributed by atoms with E-state index in [1.165, 1.54) is 26.0 Å². The topological polar surface area (TPSA) is 73.1 Å². The fraction of sp³-hybridized carbons (Fsp3) is 0.269. The van der Waals surface area contributed by atoms with Gasteiger partial charge < -0.3 is 5.32 Å². The van der Waals surface area contributed by atoms with Crippen LogP contribution < -0.4 is 16.6 Å². The van der Waals surface area contributed by atoms with Crippen molar-refractivity contribution < 1.29 is 4.79 Å². The Labute approximate surface area is 196 Å². The zero-order valence-electron chi connectivity index (χ0n) is 19.0. The summed E-state index contributed by atoms with van der Waals surface area (Å²) in [6, 6.07) is 17.4. The van der Waals surface area contributed by atoms with Crippen molar-refractivity contribution in [3.63, 3.8) is 0 Å². The Kier molecular flexibility index (Phi) is 6.60. The van der Waals surface area contributed by atoms with Gasteiger partial charge in [-0.15, -0.1) is 11.3 Å². The largest absolute Gasteiger partial charge is 0.352 e. The first-order valence-electron chi connectivity index (χ1n) is 11.0. The summed E-state index contributed by atoms with van der Waals surface area (Å²) in [5, 5.41) is 4.77. The van der Waals surface area contributed by atoms with Crippen molar-refractivity contribution in [3.05, 3.63) is 97.5 Å². The summed E-state index contributed by atoms with van der Waals surface area (Å²) >= 11 is 1.28. The molecular weight excluding hydrogens is 434 g/mol. The zero-order valence-corrected chi connectivity index (χ0v) is 19.8. The summed E-state index contributed by atoms with van der Waals surface area (Å²) in [4.78, 5) is 39.4. The Morgan fingerprint density at radius 2 is 1.82 bits per heavy atom. The molecule has 0 saturated heterocycles. The highest BCUT2D eigenvalue weighted by Gasteiger charge is 2.19. The minimum atomic E-state index is -0.509. The van der Waals surface area contributed by atoms with Gasteiger partial charge in [-0.05, 0) is 62.3 Å². The van der Waals surface area contributed by atoms with Crippen LogP contribution in [0.15, 0.2) is 69.6 Å². The van der Waals surface area contributed by atoms with Crippen molar-refractivity contribution >= 4 is 27.5 Å². The fourth-order valence-electron chi connectivity index (χ4n) is 4.07. The van der Waals surface area contributed by atoms with Gasteiger partial charge in [0, 0.05) is 6.04 Å². The number of thiophene rings is 1. The molecule has 1 atom stereocenters. The van der Waals surface area contributed by atoms with Gasteiger partial charge in [0.1, 0.15) is 11.2 Å². The molecule has 0 saturated carbocycles. The van der Waals surface area contributed by atoms with E-state index < -0.39 is 5.69 Å². The van der Waals surface area contributed by atoms with Crippen LogP contribution in [-0.2, 0) is 17.8 Å². The van der Waals surface area contributed by atoms with Gasteiger partial charge in [-0.2, -0.15) is 0 Å². The van der Waals surface area contributed by atoms with E-state index in [4.69, 9.17) is 0 Å². The molecule has 0 fully saturated rings. The third-order valence-electron chi connectivity index (χ3n) is 5.77. The lowest BCUT2D eigenvalue weighted by molar-refractivity contribution is -0.122. The molecule has 1 unspecified atom stereocenters. The van der Waals surface area contributed by atoms with Gasteiger partial charge in [0.15, 0.2) is 0 Å². The molecule has 2 aromatic carbocycles. The Balaban J connectivity index is 1.61. The van der Waals surface area contributed by atoms with Crippen molar-refractivity contribution in [2.24, 2.45) is 0 Å². The van der Waals surface area contributed by atoms with Crippen LogP contribution in [0.25, 0.3) is 15.9 Å². The Morgan fingerprint density at radius 3 is 2.55 bits per heavy atom. The highest BCUT2D eigenvalue weighted by atomic mass is 32.1. The third kappa shape index (κ3) is 4.83. The maximum atomic E-state index is 13.4. The minimum Gasteiger partial charge on any atom is -0.352 e. The molecule has 0 radical (unpaired) electrons. The number of aryl methyl sites for hydroxylation is 3. The van der Waals surface area contributed by atoms with Gasteiger partial charge >= 0.3 is 5.69 Å². The average molecular weight is 462 g/mol. The summed E-state index contributed by atoms with van der Waals surface area (Å²) in [5.41, 5.74) is 3.26. The maximum absolute atomic E-state index is 13.4. The first kappa shape index (κ1) is 22.7. The predicted molar refractivity (Wildman–Crippen MR) is 134 cm³/mol. The van der Waals surface area contributed by atoms with E-state index in [9.17, 15) is 14.4 Å². The molecule has 4 rings (SSSR count). The lowest BCUT2D eigenvalue weighted by Gasteiger charge is -2.16. The smallest absolute Gasteiger partial charge is 0.336 e. The SMILES string of the molecule is Cc1ccc(-n2c(=O)c3sccc3n(CC(=O)NC(C)CCc3ccccc3)c2=O)c(C)c1. The van der Waals surface area contributed by atoms with Crippen LogP contribution in [0.1, 0.15) is 30.0 Å². The molecule has 0 aliphatic heterocycles. The second kappa shape index (κ2) is 9.58. The highest BCUT2D eigenvalue weighted by molar-refractivity contribution is 7.17. The van der Waals surface area contributed by atoms with Gasteiger partial charge in [-0.3, -0.25) is 14.2 Å². The quantitative estimate of drug-likeness (QED) is 0.453. The molecule has 0 bridgehead atoms. The molecule has 33 heavy (non-hydrogen) atoms. The number of fused-ring (bicyclic) bond motifs is 1. The monoisotopic (exact) mass is 461 g/mol. The van der Waals surface area contributed by atoms with Crippen LogP contribution in [0, 0.1) is 13.8 Å². The first-order valence-corrected chi connectivity index (χ1v) is 11.9.